The summed E-state index contributed by atoms with van der Waals surface area (Å²) in [6, 6.07) is 14.5. The molecule has 0 bridgehead atoms. The Kier molecular flexibility index (Phi) is 5.58. The van der Waals surface area contributed by atoms with Crippen molar-refractivity contribution in [3.63, 3.8) is 0 Å². The summed E-state index contributed by atoms with van der Waals surface area (Å²) in [6.45, 7) is 0.0308. The molecule has 2 aromatic carbocycles. The minimum absolute atomic E-state index is 0.0308. The third kappa shape index (κ3) is 4.43. The molecule has 3 rings (SSSR count). The molecule has 1 unspecified atom stereocenters. The molecule has 1 aromatic heterocycles. The Morgan fingerprint density at radius 1 is 1.00 bits per heavy atom. The van der Waals surface area contributed by atoms with Crippen molar-refractivity contribution in [2.45, 2.75) is 17.2 Å². The molecule has 134 valence electrons. The Hall–Kier alpha value is -2.80. The lowest BCUT2D eigenvalue weighted by atomic mass is 10.2. The molecular weight excluding hydrogens is 360 g/mol. The van der Waals surface area contributed by atoms with Gasteiger partial charge in [-0.05, 0) is 42.5 Å². The molecule has 0 saturated carbocycles. The second-order valence-corrected chi connectivity index (χ2v) is 6.93. The number of nitrogens with one attached hydrogen (secondary N) is 1. The summed E-state index contributed by atoms with van der Waals surface area (Å²) in [5.41, 5.74) is 0.366. The summed E-state index contributed by atoms with van der Waals surface area (Å²) in [7, 11) is -1.42. The van der Waals surface area contributed by atoms with Gasteiger partial charge in [0.15, 0.2) is 5.76 Å². The van der Waals surface area contributed by atoms with Crippen LogP contribution in [0, 0.1) is 11.6 Å². The first kappa shape index (κ1) is 18.0. The predicted octanol–water partition coefficient (Wildman–Crippen LogP) is 3.80. The molecule has 1 heterocycles. The standard InChI is InChI=1S/C19H15F2NO3S/c20-14-5-8-16(9-6-14)26(24)12-15-7-10-18(25-15)19(23)22-11-13-3-1-2-4-17(13)21/h1-10H,11-12H2,(H,22,23). The molecule has 0 saturated heterocycles. The maximum Gasteiger partial charge on any atom is 0.287 e. The first-order valence-electron chi connectivity index (χ1n) is 7.77. The molecule has 0 spiro atoms. The van der Waals surface area contributed by atoms with Crippen LogP contribution in [0.2, 0.25) is 0 Å². The van der Waals surface area contributed by atoms with Crippen molar-refractivity contribution in [1.29, 1.82) is 0 Å². The SMILES string of the molecule is O=C(NCc1ccccc1F)c1ccc(CS(=O)c2ccc(F)cc2)o1. The number of halogens is 2. The largest absolute Gasteiger partial charge is 0.455 e. The minimum Gasteiger partial charge on any atom is -0.455 e. The molecule has 0 fully saturated rings. The lowest BCUT2D eigenvalue weighted by Crippen LogP contribution is -2.22. The van der Waals surface area contributed by atoms with E-state index in [2.05, 4.69) is 5.32 Å². The van der Waals surface area contributed by atoms with E-state index in [1.165, 1.54) is 36.4 Å². The fourth-order valence-corrected chi connectivity index (χ4v) is 3.30. The van der Waals surface area contributed by atoms with Gasteiger partial charge in [-0.3, -0.25) is 9.00 Å². The van der Waals surface area contributed by atoms with Crippen LogP contribution in [0.4, 0.5) is 8.78 Å². The molecule has 4 nitrogen and oxygen atoms in total. The van der Waals surface area contributed by atoms with Crippen molar-refractivity contribution in [2.24, 2.45) is 0 Å². The van der Waals surface area contributed by atoms with Gasteiger partial charge in [-0.1, -0.05) is 18.2 Å². The fourth-order valence-electron chi connectivity index (χ4n) is 2.28. The van der Waals surface area contributed by atoms with Crippen molar-refractivity contribution in [3.05, 3.63) is 89.4 Å². The minimum atomic E-state index is -1.42. The number of carbonyl (C=O) groups excluding carboxylic acids is 1. The van der Waals surface area contributed by atoms with E-state index in [1.54, 1.807) is 24.3 Å². The zero-order valence-electron chi connectivity index (χ0n) is 13.6. The lowest BCUT2D eigenvalue weighted by molar-refractivity contribution is 0.0921. The van der Waals surface area contributed by atoms with Crippen LogP contribution in [0.15, 0.2) is 70.0 Å². The summed E-state index contributed by atoms with van der Waals surface area (Å²) in [4.78, 5) is 12.6. The summed E-state index contributed by atoms with van der Waals surface area (Å²) in [6.07, 6.45) is 0. The van der Waals surface area contributed by atoms with Crippen LogP contribution in [0.1, 0.15) is 21.9 Å². The number of furan rings is 1. The van der Waals surface area contributed by atoms with E-state index in [-0.39, 0.29) is 18.1 Å². The number of amides is 1. The van der Waals surface area contributed by atoms with Gasteiger partial charge in [0.25, 0.3) is 5.91 Å². The van der Waals surface area contributed by atoms with Gasteiger partial charge in [-0.2, -0.15) is 0 Å². The van der Waals surface area contributed by atoms with Crippen molar-refractivity contribution in [2.75, 3.05) is 0 Å². The zero-order chi connectivity index (χ0) is 18.5. The fraction of sp³-hybridized carbons (Fsp3) is 0.105. The molecule has 26 heavy (non-hydrogen) atoms. The summed E-state index contributed by atoms with van der Waals surface area (Å²) in [5, 5.41) is 2.57. The normalized spacial score (nSPS) is 11.9. The van der Waals surface area contributed by atoms with E-state index in [0.717, 1.165) is 0 Å². The Bertz CT molecular complexity index is 938. The van der Waals surface area contributed by atoms with Crippen molar-refractivity contribution in [1.82, 2.24) is 5.32 Å². The molecule has 0 aliphatic carbocycles. The Morgan fingerprint density at radius 3 is 2.46 bits per heavy atom. The number of benzene rings is 2. The average molecular weight is 375 g/mol. The van der Waals surface area contributed by atoms with E-state index in [1.807, 2.05) is 0 Å². The van der Waals surface area contributed by atoms with Gasteiger partial charge in [-0.25, -0.2) is 8.78 Å². The second-order valence-electron chi connectivity index (χ2n) is 5.48. The van der Waals surface area contributed by atoms with Crippen LogP contribution < -0.4 is 5.32 Å². The van der Waals surface area contributed by atoms with Gasteiger partial charge in [0.05, 0.1) is 16.6 Å². The first-order chi connectivity index (χ1) is 12.5. The molecule has 1 atom stereocenters. The van der Waals surface area contributed by atoms with Crippen LogP contribution in [0.3, 0.4) is 0 Å². The first-order valence-corrected chi connectivity index (χ1v) is 9.09. The van der Waals surface area contributed by atoms with Gasteiger partial charge in [0.1, 0.15) is 17.4 Å². The van der Waals surface area contributed by atoms with Gasteiger partial charge in [0, 0.05) is 17.0 Å². The van der Waals surface area contributed by atoms with Gasteiger partial charge < -0.3 is 9.73 Å². The third-order valence-electron chi connectivity index (χ3n) is 3.63. The molecular formula is C19H15F2NO3S. The van der Waals surface area contributed by atoms with Crippen LogP contribution in [0.5, 0.6) is 0 Å². The molecule has 3 aromatic rings. The molecule has 0 aliphatic heterocycles. The Labute approximate surface area is 151 Å². The summed E-state index contributed by atoms with van der Waals surface area (Å²) in [5.74, 6) is -0.824. The molecule has 1 N–H and O–H groups in total. The highest BCUT2D eigenvalue weighted by Crippen LogP contribution is 2.16. The highest BCUT2D eigenvalue weighted by atomic mass is 32.2. The van der Waals surface area contributed by atoms with E-state index < -0.39 is 28.3 Å². The van der Waals surface area contributed by atoms with Crippen molar-refractivity contribution in [3.8, 4) is 0 Å². The molecule has 0 aliphatic rings. The van der Waals surface area contributed by atoms with E-state index in [4.69, 9.17) is 4.42 Å². The van der Waals surface area contributed by atoms with Crippen molar-refractivity contribution < 1.29 is 22.2 Å². The summed E-state index contributed by atoms with van der Waals surface area (Å²) >= 11 is 0. The van der Waals surface area contributed by atoms with Crippen LogP contribution in [-0.2, 0) is 23.1 Å². The van der Waals surface area contributed by atoms with Gasteiger partial charge >= 0.3 is 0 Å². The van der Waals surface area contributed by atoms with Crippen molar-refractivity contribution >= 4 is 16.7 Å². The van der Waals surface area contributed by atoms with Gasteiger partial charge in [0.2, 0.25) is 0 Å². The van der Waals surface area contributed by atoms with Crippen LogP contribution in [-0.4, -0.2) is 10.1 Å². The lowest BCUT2D eigenvalue weighted by Gasteiger charge is -2.04. The van der Waals surface area contributed by atoms with Crippen LogP contribution in [0.25, 0.3) is 0 Å². The number of rotatable bonds is 6. The van der Waals surface area contributed by atoms with E-state index in [9.17, 15) is 17.8 Å². The molecule has 0 radical (unpaired) electrons. The Morgan fingerprint density at radius 2 is 1.73 bits per heavy atom. The molecule has 7 heteroatoms. The zero-order valence-corrected chi connectivity index (χ0v) is 14.4. The highest BCUT2D eigenvalue weighted by Gasteiger charge is 2.14. The molecule has 1 amide bonds. The Balaban J connectivity index is 1.60. The quantitative estimate of drug-likeness (QED) is 0.713. The van der Waals surface area contributed by atoms with Gasteiger partial charge in [-0.15, -0.1) is 0 Å². The average Bonchev–Trinajstić information content (AvgIpc) is 3.10. The maximum atomic E-state index is 13.5. The number of carbonyl (C=O) groups is 1. The monoisotopic (exact) mass is 375 g/mol. The maximum absolute atomic E-state index is 13.5. The van der Waals surface area contributed by atoms with E-state index in [0.29, 0.717) is 16.2 Å². The topological polar surface area (TPSA) is 59.3 Å². The second kappa shape index (κ2) is 8.05. The van der Waals surface area contributed by atoms with E-state index >= 15 is 0 Å². The smallest absolute Gasteiger partial charge is 0.287 e. The highest BCUT2D eigenvalue weighted by molar-refractivity contribution is 7.84. The third-order valence-corrected chi connectivity index (χ3v) is 4.98. The predicted molar refractivity (Wildman–Crippen MR) is 92.8 cm³/mol. The summed E-state index contributed by atoms with van der Waals surface area (Å²) < 4.78 is 44.1. The number of hydrogen-bond donors (Lipinski definition) is 1. The number of hydrogen-bond acceptors (Lipinski definition) is 3. The van der Waals surface area contributed by atoms with Crippen LogP contribution >= 0.6 is 0 Å².